The largest absolute Gasteiger partial charge is 0.372 e. The summed E-state index contributed by atoms with van der Waals surface area (Å²) in [5.41, 5.74) is 0.916. The molecule has 0 aliphatic heterocycles. The van der Waals surface area contributed by atoms with Crippen molar-refractivity contribution in [1.82, 2.24) is 0 Å². The molecule has 4 nitrogen and oxygen atoms in total. The van der Waals surface area contributed by atoms with Crippen molar-refractivity contribution in [2.24, 2.45) is 0 Å². The van der Waals surface area contributed by atoms with E-state index < -0.39 is 4.92 Å². The first-order valence-corrected chi connectivity index (χ1v) is 5.83. The van der Waals surface area contributed by atoms with Crippen molar-refractivity contribution < 1.29 is 4.92 Å². The third kappa shape index (κ3) is 3.10. The zero-order valence-corrected chi connectivity index (χ0v) is 10.9. The molecule has 1 atom stereocenters. The normalized spacial score (nSPS) is 11.6. The van der Waals surface area contributed by atoms with Gasteiger partial charge in [0.15, 0.2) is 0 Å². The van der Waals surface area contributed by atoms with Gasteiger partial charge >= 0.3 is 0 Å². The van der Waals surface area contributed by atoms with Crippen LogP contribution in [0.2, 0.25) is 0 Å². The Bertz CT molecular complexity index is 440. The lowest BCUT2D eigenvalue weighted by atomic mass is 10.2. The Hall–Kier alpha value is -1.29. The van der Waals surface area contributed by atoms with Gasteiger partial charge in [0.1, 0.15) is 0 Å². The van der Waals surface area contributed by atoms with Gasteiger partial charge in [-0.1, -0.05) is 12.8 Å². The van der Waals surface area contributed by atoms with Crippen molar-refractivity contribution in [1.29, 1.82) is 0 Å². The molecule has 16 heavy (non-hydrogen) atoms. The number of nitro groups is 1. The average Bonchev–Trinajstić information content (AvgIpc) is 2.25. The summed E-state index contributed by atoms with van der Waals surface area (Å²) >= 11 is 1.94. The Balaban J connectivity index is 2.90. The van der Waals surface area contributed by atoms with Crippen LogP contribution in [0.25, 0.3) is 0 Å². The molecule has 0 aliphatic carbocycles. The van der Waals surface area contributed by atoms with E-state index in [1.807, 2.05) is 29.5 Å². The standard InChI is InChI=1S/C11H11IN2O2/c1-3-8(4-2)13-9-5-6-11(14(15)16)10(12)7-9/h1,5-8,13H,4H2,2H3. The number of hydrogen-bond donors (Lipinski definition) is 1. The summed E-state index contributed by atoms with van der Waals surface area (Å²) in [5, 5.41) is 13.7. The van der Waals surface area contributed by atoms with Crippen LogP contribution in [0.15, 0.2) is 18.2 Å². The molecule has 84 valence electrons. The summed E-state index contributed by atoms with van der Waals surface area (Å²) in [5.74, 6) is 2.61. The van der Waals surface area contributed by atoms with Gasteiger partial charge in [-0.2, -0.15) is 0 Å². The van der Waals surface area contributed by atoms with Gasteiger partial charge in [0, 0.05) is 11.8 Å². The highest BCUT2D eigenvalue weighted by Gasteiger charge is 2.12. The molecule has 1 aromatic rings. The van der Waals surface area contributed by atoms with Crippen molar-refractivity contribution in [3.8, 4) is 12.3 Å². The molecule has 0 fully saturated rings. The minimum Gasteiger partial charge on any atom is -0.372 e. The number of nitro benzene ring substituents is 1. The van der Waals surface area contributed by atoms with Gasteiger partial charge in [-0.25, -0.2) is 0 Å². The first-order valence-electron chi connectivity index (χ1n) is 4.75. The second kappa shape index (κ2) is 5.70. The van der Waals surface area contributed by atoms with E-state index in [-0.39, 0.29) is 11.7 Å². The minimum absolute atomic E-state index is 0.0442. The Kier molecular flexibility index (Phi) is 4.55. The Morgan fingerprint density at radius 2 is 2.38 bits per heavy atom. The zero-order chi connectivity index (χ0) is 12.1. The molecule has 0 aliphatic rings. The van der Waals surface area contributed by atoms with E-state index in [0.717, 1.165) is 12.1 Å². The molecule has 0 spiro atoms. The molecule has 1 aromatic carbocycles. The Morgan fingerprint density at radius 1 is 1.69 bits per heavy atom. The zero-order valence-electron chi connectivity index (χ0n) is 8.74. The monoisotopic (exact) mass is 330 g/mol. The predicted molar refractivity (Wildman–Crippen MR) is 72.3 cm³/mol. The highest BCUT2D eigenvalue weighted by Crippen LogP contribution is 2.24. The molecule has 1 rings (SSSR count). The van der Waals surface area contributed by atoms with Crippen LogP contribution in [0.3, 0.4) is 0 Å². The van der Waals surface area contributed by atoms with Crippen molar-refractivity contribution in [3.63, 3.8) is 0 Å². The number of benzene rings is 1. The summed E-state index contributed by atoms with van der Waals surface area (Å²) in [6, 6.07) is 4.82. The maximum absolute atomic E-state index is 10.6. The van der Waals surface area contributed by atoms with Crippen molar-refractivity contribution in [3.05, 3.63) is 31.9 Å². The highest BCUT2D eigenvalue weighted by atomic mass is 127. The van der Waals surface area contributed by atoms with Gasteiger partial charge in [-0.15, -0.1) is 6.42 Å². The molecular formula is C11H11IN2O2. The number of nitrogens with one attached hydrogen (secondary N) is 1. The van der Waals surface area contributed by atoms with E-state index in [1.54, 1.807) is 12.1 Å². The SMILES string of the molecule is C#CC(CC)Nc1ccc([N+](=O)[O-])c(I)c1. The number of anilines is 1. The lowest BCUT2D eigenvalue weighted by Crippen LogP contribution is -2.15. The summed E-state index contributed by atoms with van der Waals surface area (Å²) < 4.78 is 0.597. The maximum atomic E-state index is 10.6. The first-order chi connectivity index (χ1) is 7.58. The van der Waals surface area contributed by atoms with Crippen LogP contribution in [0.5, 0.6) is 0 Å². The van der Waals surface area contributed by atoms with E-state index in [0.29, 0.717) is 3.57 Å². The number of halogens is 1. The van der Waals surface area contributed by atoms with Gasteiger partial charge in [-0.3, -0.25) is 10.1 Å². The minimum atomic E-state index is -0.399. The molecule has 0 bridgehead atoms. The molecule has 0 amide bonds. The van der Waals surface area contributed by atoms with Gasteiger partial charge < -0.3 is 5.32 Å². The maximum Gasteiger partial charge on any atom is 0.282 e. The van der Waals surface area contributed by atoms with Crippen LogP contribution < -0.4 is 5.32 Å². The van der Waals surface area contributed by atoms with Gasteiger partial charge in [-0.05, 0) is 41.1 Å². The second-order valence-corrected chi connectivity index (χ2v) is 4.36. The fourth-order valence-electron chi connectivity index (χ4n) is 1.21. The fourth-order valence-corrected chi connectivity index (χ4v) is 1.92. The Morgan fingerprint density at radius 3 is 2.81 bits per heavy atom. The van der Waals surface area contributed by atoms with Crippen LogP contribution in [0, 0.1) is 26.0 Å². The highest BCUT2D eigenvalue weighted by molar-refractivity contribution is 14.1. The van der Waals surface area contributed by atoms with E-state index in [1.165, 1.54) is 6.07 Å². The van der Waals surface area contributed by atoms with Gasteiger partial charge in [0.05, 0.1) is 14.5 Å². The topological polar surface area (TPSA) is 55.2 Å². The van der Waals surface area contributed by atoms with E-state index >= 15 is 0 Å². The second-order valence-electron chi connectivity index (χ2n) is 3.20. The predicted octanol–water partition coefficient (Wildman–Crippen LogP) is 3.02. The smallest absolute Gasteiger partial charge is 0.282 e. The summed E-state index contributed by atoms with van der Waals surface area (Å²) in [7, 11) is 0. The quantitative estimate of drug-likeness (QED) is 0.400. The van der Waals surface area contributed by atoms with Crippen molar-refractivity contribution in [2.45, 2.75) is 19.4 Å². The van der Waals surface area contributed by atoms with Crippen LogP contribution >= 0.6 is 22.6 Å². The van der Waals surface area contributed by atoms with Crippen LogP contribution in [-0.4, -0.2) is 11.0 Å². The van der Waals surface area contributed by atoms with Crippen LogP contribution in [-0.2, 0) is 0 Å². The molecule has 0 aromatic heterocycles. The number of rotatable bonds is 4. The van der Waals surface area contributed by atoms with Gasteiger partial charge in [0.25, 0.3) is 5.69 Å². The first kappa shape index (κ1) is 12.8. The summed E-state index contributed by atoms with van der Waals surface area (Å²) in [4.78, 5) is 10.2. The molecule has 0 saturated heterocycles. The Labute approximate surface area is 108 Å². The molecule has 0 heterocycles. The summed E-state index contributed by atoms with van der Waals surface area (Å²) in [6.07, 6.45) is 6.13. The average molecular weight is 330 g/mol. The molecule has 1 N–H and O–H groups in total. The molecule has 0 radical (unpaired) electrons. The summed E-state index contributed by atoms with van der Waals surface area (Å²) in [6.45, 7) is 1.98. The van der Waals surface area contributed by atoms with Crippen LogP contribution in [0.1, 0.15) is 13.3 Å². The number of terminal acetylenes is 1. The molecule has 0 saturated carbocycles. The van der Waals surface area contributed by atoms with E-state index in [2.05, 4.69) is 11.2 Å². The lowest BCUT2D eigenvalue weighted by molar-refractivity contribution is -0.385. The van der Waals surface area contributed by atoms with Crippen LogP contribution in [0.4, 0.5) is 11.4 Å². The third-order valence-electron chi connectivity index (χ3n) is 2.09. The van der Waals surface area contributed by atoms with Gasteiger partial charge in [0.2, 0.25) is 0 Å². The third-order valence-corrected chi connectivity index (χ3v) is 2.96. The molecule has 1 unspecified atom stereocenters. The van der Waals surface area contributed by atoms with E-state index in [4.69, 9.17) is 6.42 Å². The van der Waals surface area contributed by atoms with Crippen molar-refractivity contribution >= 4 is 34.0 Å². The number of hydrogen-bond acceptors (Lipinski definition) is 3. The lowest BCUT2D eigenvalue weighted by Gasteiger charge is -2.12. The molecular weight excluding hydrogens is 319 g/mol. The van der Waals surface area contributed by atoms with E-state index in [9.17, 15) is 10.1 Å². The van der Waals surface area contributed by atoms with Crippen molar-refractivity contribution in [2.75, 3.05) is 5.32 Å². The molecule has 5 heteroatoms. The fraction of sp³-hybridized carbons (Fsp3) is 0.273. The number of nitrogens with zero attached hydrogens (tertiary/aromatic N) is 1.